The number of hydrogen-bond acceptors (Lipinski definition) is 5. The fourth-order valence-electron chi connectivity index (χ4n) is 0.823. The second-order valence-electron chi connectivity index (χ2n) is 2.48. The highest BCUT2D eigenvalue weighted by Gasteiger charge is 2.04. The first kappa shape index (κ1) is 9.85. The van der Waals surface area contributed by atoms with Crippen molar-refractivity contribution >= 4 is 5.69 Å². The maximum absolute atomic E-state index is 9.30. The van der Waals surface area contributed by atoms with Crippen molar-refractivity contribution in [3.8, 4) is 17.9 Å². The van der Waals surface area contributed by atoms with E-state index >= 15 is 0 Å². The second-order valence-corrected chi connectivity index (χ2v) is 2.48. The zero-order chi connectivity index (χ0) is 10.4. The van der Waals surface area contributed by atoms with E-state index in [0.29, 0.717) is 5.69 Å². The van der Waals surface area contributed by atoms with Gasteiger partial charge in [-0.3, -0.25) is 0 Å². The number of nitrogens with zero attached hydrogens (tertiary/aromatic N) is 2. The van der Waals surface area contributed by atoms with E-state index in [0.717, 1.165) is 0 Å². The highest BCUT2D eigenvalue weighted by atomic mass is 16.3. The average Bonchev–Trinajstić information content (AvgIpc) is 2.22. The van der Waals surface area contributed by atoms with Crippen molar-refractivity contribution in [3.63, 3.8) is 0 Å². The van der Waals surface area contributed by atoms with Gasteiger partial charge in [-0.2, -0.15) is 10.5 Å². The van der Waals surface area contributed by atoms with Crippen molar-refractivity contribution in [3.05, 3.63) is 24.3 Å². The molecule has 5 heteroatoms. The molecule has 0 aliphatic rings. The van der Waals surface area contributed by atoms with Crippen LogP contribution in [-0.4, -0.2) is 11.1 Å². The molecule has 1 rings (SSSR count). The number of phenols is 1. The fourth-order valence-corrected chi connectivity index (χ4v) is 0.823. The number of benzene rings is 1. The van der Waals surface area contributed by atoms with Crippen LogP contribution < -0.4 is 10.9 Å². The van der Waals surface area contributed by atoms with Gasteiger partial charge in [0.05, 0.1) is 17.8 Å². The third-order valence-electron chi connectivity index (χ3n) is 1.51. The van der Waals surface area contributed by atoms with Crippen LogP contribution in [0.15, 0.2) is 24.3 Å². The highest BCUT2D eigenvalue weighted by molar-refractivity contribution is 5.54. The first-order valence-corrected chi connectivity index (χ1v) is 3.86. The van der Waals surface area contributed by atoms with Gasteiger partial charge in [0, 0.05) is 0 Å². The summed E-state index contributed by atoms with van der Waals surface area (Å²) >= 11 is 0. The van der Waals surface area contributed by atoms with Crippen LogP contribution in [0.4, 0.5) is 5.69 Å². The summed E-state index contributed by atoms with van der Waals surface area (Å²) in [5.41, 5.74) is 5.43. The van der Waals surface area contributed by atoms with Crippen molar-refractivity contribution < 1.29 is 5.11 Å². The van der Waals surface area contributed by atoms with Crippen LogP contribution >= 0.6 is 0 Å². The predicted octanol–water partition coefficient (Wildman–Crippen LogP) is 0.724. The van der Waals surface area contributed by atoms with Gasteiger partial charge < -0.3 is 10.5 Å². The Kier molecular flexibility index (Phi) is 3.31. The first-order chi connectivity index (χ1) is 6.77. The minimum Gasteiger partial charge on any atom is -0.506 e. The molecule has 0 radical (unpaired) electrons. The van der Waals surface area contributed by atoms with Crippen molar-refractivity contribution in [2.45, 2.75) is 6.04 Å². The number of para-hydroxylation sites is 2. The third kappa shape index (κ3) is 2.37. The van der Waals surface area contributed by atoms with Gasteiger partial charge in [0.25, 0.3) is 0 Å². The van der Waals surface area contributed by atoms with Gasteiger partial charge >= 0.3 is 0 Å². The van der Waals surface area contributed by atoms with Crippen molar-refractivity contribution in [1.82, 2.24) is 5.43 Å². The third-order valence-corrected chi connectivity index (χ3v) is 1.51. The van der Waals surface area contributed by atoms with E-state index in [1.165, 1.54) is 6.07 Å². The Bertz CT molecular complexity index is 377. The summed E-state index contributed by atoms with van der Waals surface area (Å²) in [5, 5.41) is 26.2. The largest absolute Gasteiger partial charge is 0.506 e. The van der Waals surface area contributed by atoms with Crippen LogP contribution in [0, 0.1) is 22.7 Å². The molecule has 0 saturated heterocycles. The molecule has 0 aliphatic carbocycles. The molecule has 3 N–H and O–H groups in total. The smallest absolute Gasteiger partial charge is 0.199 e. The Hall–Kier alpha value is -2.24. The number of phenolic OH excluding ortho intramolecular Hbond substituents is 1. The number of hydrazine groups is 1. The normalized spacial score (nSPS) is 9.07. The van der Waals surface area contributed by atoms with E-state index in [-0.39, 0.29) is 5.75 Å². The molecule has 0 aliphatic heterocycles. The molecule has 14 heavy (non-hydrogen) atoms. The molecular formula is C9H8N4O. The van der Waals surface area contributed by atoms with Crippen molar-refractivity contribution in [1.29, 1.82) is 10.5 Å². The van der Waals surface area contributed by atoms with E-state index in [9.17, 15) is 5.11 Å². The topological polar surface area (TPSA) is 91.9 Å². The summed E-state index contributed by atoms with van der Waals surface area (Å²) in [7, 11) is 0. The van der Waals surface area contributed by atoms with Crippen molar-refractivity contribution in [2.75, 3.05) is 5.43 Å². The minimum absolute atomic E-state index is 0.0506. The molecule has 0 amide bonds. The van der Waals surface area contributed by atoms with Crippen LogP contribution in [0.25, 0.3) is 0 Å². The van der Waals surface area contributed by atoms with Crippen LogP contribution in [0.5, 0.6) is 5.75 Å². The number of hydrogen-bond donors (Lipinski definition) is 3. The summed E-state index contributed by atoms with van der Waals surface area (Å²) in [5.74, 6) is 0.0506. The maximum Gasteiger partial charge on any atom is 0.199 e. The van der Waals surface area contributed by atoms with Gasteiger partial charge in [-0.1, -0.05) is 12.1 Å². The number of anilines is 1. The molecule has 1 aromatic carbocycles. The number of aromatic hydroxyl groups is 1. The molecule has 0 fully saturated rings. The lowest BCUT2D eigenvalue weighted by Crippen LogP contribution is -2.31. The zero-order valence-electron chi connectivity index (χ0n) is 7.23. The molecule has 0 heterocycles. The molecule has 0 saturated carbocycles. The molecule has 1 aromatic rings. The predicted molar refractivity (Wildman–Crippen MR) is 49.9 cm³/mol. The van der Waals surface area contributed by atoms with E-state index in [1.807, 2.05) is 0 Å². The van der Waals surface area contributed by atoms with Crippen LogP contribution in [0.1, 0.15) is 0 Å². The number of rotatable bonds is 3. The zero-order valence-corrected chi connectivity index (χ0v) is 7.23. The molecule has 0 atom stereocenters. The minimum atomic E-state index is -0.949. The summed E-state index contributed by atoms with van der Waals surface area (Å²) in [6.07, 6.45) is 0. The van der Waals surface area contributed by atoms with Crippen LogP contribution in [0.3, 0.4) is 0 Å². The molecular weight excluding hydrogens is 180 g/mol. The Morgan fingerprint density at radius 1 is 1.21 bits per heavy atom. The summed E-state index contributed by atoms with van der Waals surface area (Å²) in [4.78, 5) is 0. The van der Waals surface area contributed by atoms with Crippen molar-refractivity contribution in [2.24, 2.45) is 0 Å². The average molecular weight is 188 g/mol. The van der Waals surface area contributed by atoms with Gasteiger partial charge in [-0.15, -0.1) is 0 Å². The van der Waals surface area contributed by atoms with Gasteiger partial charge in [0.1, 0.15) is 5.75 Å². The Labute approximate surface area is 81.2 Å². The van der Waals surface area contributed by atoms with E-state index < -0.39 is 6.04 Å². The Morgan fingerprint density at radius 3 is 2.43 bits per heavy atom. The quantitative estimate of drug-likeness (QED) is 0.480. The van der Waals surface area contributed by atoms with Gasteiger partial charge in [-0.05, 0) is 12.1 Å². The number of nitriles is 2. The number of nitrogens with one attached hydrogen (secondary N) is 2. The lowest BCUT2D eigenvalue weighted by Gasteiger charge is -2.08. The highest BCUT2D eigenvalue weighted by Crippen LogP contribution is 2.20. The standard InChI is InChI=1S/C9H8N4O/c10-5-7(6-11)12-13-8-3-1-2-4-9(8)14/h1-4,7,12-14H. The lowest BCUT2D eigenvalue weighted by molar-refractivity contribution is 0.476. The molecule has 0 bridgehead atoms. The molecule has 70 valence electrons. The van der Waals surface area contributed by atoms with Crippen LogP contribution in [0.2, 0.25) is 0 Å². The van der Waals surface area contributed by atoms with Gasteiger partial charge in [0.15, 0.2) is 6.04 Å². The van der Waals surface area contributed by atoms with Gasteiger partial charge in [-0.25, -0.2) is 5.43 Å². The monoisotopic (exact) mass is 188 g/mol. The summed E-state index contributed by atoms with van der Waals surface area (Å²) in [6, 6.07) is 9.01. The molecule has 0 aromatic heterocycles. The van der Waals surface area contributed by atoms with E-state index in [1.54, 1.807) is 30.3 Å². The SMILES string of the molecule is N#CC(C#N)NNc1ccccc1O. The molecule has 0 spiro atoms. The summed E-state index contributed by atoms with van der Waals surface area (Å²) < 4.78 is 0. The lowest BCUT2D eigenvalue weighted by atomic mass is 10.3. The van der Waals surface area contributed by atoms with Crippen LogP contribution in [-0.2, 0) is 0 Å². The molecule has 0 unspecified atom stereocenters. The van der Waals surface area contributed by atoms with E-state index in [2.05, 4.69) is 10.9 Å². The Balaban J connectivity index is 2.60. The van der Waals surface area contributed by atoms with Gasteiger partial charge in [0.2, 0.25) is 0 Å². The first-order valence-electron chi connectivity index (χ1n) is 3.86. The fraction of sp³-hybridized carbons (Fsp3) is 0.111. The molecule has 5 nitrogen and oxygen atoms in total. The second kappa shape index (κ2) is 4.70. The maximum atomic E-state index is 9.30. The summed E-state index contributed by atoms with van der Waals surface area (Å²) in [6.45, 7) is 0. The van der Waals surface area contributed by atoms with E-state index in [4.69, 9.17) is 10.5 Å². The Morgan fingerprint density at radius 2 is 1.86 bits per heavy atom.